The van der Waals surface area contributed by atoms with Crippen molar-refractivity contribution in [1.29, 1.82) is 0 Å². The van der Waals surface area contributed by atoms with Crippen LogP contribution in [-0.2, 0) is 6.42 Å². The van der Waals surface area contributed by atoms with Crippen LogP contribution in [0.15, 0.2) is 28.7 Å². The third-order valence-corrected chi connectivity index (χ3v) is 3.58. The van der Waals surface area contributed by atoms with Crippen molar-refractivity contribution in [3.05, 3.63) is 40.2 Å². The van der Waals surface area contributed by atoms with Crippen molar-refractivity contribution in [3.8, 4) is 11.4 Å². The maximum atomic E-state index is 13.0. The lowest BCUT2D eigenvalue weighted by molar-refractivity contribution is 0.628. The monoisotopic (exact) mass is 323 g/mol. The molecule has 0 amide bonds. The number of halogens is 2. The van der Waals surface area contributed by atoms with E-state index in [1.807, 2.05) is 7.05 Å². The van der Waals surface area contributed by atoms with E-state index in [1.54, 1.807) is 12.1 Å². The number of rotatable bonds is 4. The number of benzene rings is 1. The zero-order chi connectivity index (χ0) is 13.8. The largest absolute Gasteiger partial charge is 0.372 e. The Hall–Kier alpha value is -1.49. The third kappa shape index (κ3) is 3.10. The molecule has 0 unspecified atom stereocenters. The number of nitrogens with one attached hydrogen (secondary N) is 1. The fraction of sp³-hybridized carbons (Fsp3) is 0.286. The lowest BCUT2D eigenvalue weighted by Gasteiger charge is -2.10. The Morgan fingerprint density at radius 2 is 1.89 bits per heavy atom. The summed E-state index contributed by atoms with van der Waals surface area (Å²) in [5.74, 6) is 1.09. The SMILES string of the molecule is CCCc1nc(-c2ccc(F)cc2)nc(NC)c1Br. The maximum Gasteiger partial charge on any atom is 0.161 e. The summed E-state index contributed by atoms with van der Waals surface area (Å²) in [6, 6.07) is 6.21. The fourth-order valence-corrected chi connectivity index (χ4v) is 2.36. The maximum absolute atomic E-state index is 13.0. The molecule has 2 aromatic rings. The lowest BCUT2D eigenvalue weighted by Crippen LogP contribution is -2.03. The van der Waals surface area contributed by atoms with Crippen molar-refractivity contribution in [2.24, 2.45) is 0 Å². The molecule has 0 aliphatic rings. The number of aryl methyl sites for hydroxylation is 1. The first-order chi connectivity index (χ1) is 9.15. The molecule has 19 heavy (non-hydrogen) atoms. The van der Waals surface area contributed by atoms with Gasteiger partial charge in [0.25, 0.3) is 0 Å². The van der Waals surface area contributed by atoms with Gasteiger partial charge in [0, 0.05) is 12.6 Å². The van der Waals surface area contributed by atoms with Crippen molar-refractivity contribution >= 4 is 21.7 Å². The number of aromatic nitrogens is 2. The molecule has 2 rings (SSSR count). The summed E-state index contributed by atoms with van der Waals surface area (Å²) in [6.45, 7) is 2.10. The van der Waals surface area contributed by atoms with Crippen molar-refractivity contribution in [1.82, 2.24) is 9.97 Å². The van der Waals surface area contributed by atoms with Crippen LogP contribution in [0.3, 0.4) is 0 Å². The highest BCUT2D eigenvalue weighted by Crippen LogP contribution is 2.27. The molecule has 1 aromatic heterocycles. The normalized spacial score (nSPS) is 10.5. The van der Waals surface area contributed by atoms with E-state index in [9.17, 15) is 4.39 Å². The standard InChI is InChI=1S/C14H15BrFN3/c1-3-4-11-12(15)14(17-2)19-13(18-11)9-5-7-10(16)8-6-9/h5-8H,3-4H2,1-2H3,(H,17,18,19). The van der Waals surface area contributed by atoms with Gasteiger partial charge in [-0.1, -0.05) is 13.3 Å². The predicted octanol–water partition coefficient (Wildman–Crippen LogP) is 4.04. The summed E-state index contributed by atoms with van der Waals surface area (Å²) in [5, 5.41) is 3.04. The number of hydrogen-bond acceptors (Lipinski definition) is 3. The number of nitrogens with zero attached hydrogens (tertiary/aromatic N) is 2. The second-order valence-electron chi connectivity index (χ2n) is 4.16. The summed E-state index contributed by atoms with van der Waals surface area (Å²) in [7, 11) is 1.82. The molecule has 0 aliphatic carbocycles. The van der Waals surface area contributed by atoms with Crippen LogP contribution in [0.1, 0.15) is 19.0 Å². The van der Waals surface area contributed by atoms with Gasteiger partial charge in [0.15, 0.2) is 5.82 Å². The van der Waals surface area contributed by atoms with E-state index in [0.717, 1.165) is 34.4 Å². The van der Waals surface area contributed by atoms with Gasteiger partial charge >= 0.3 is 0 Å². The zero-order valence-corrected chi connectivity index (χ0v) is 12.5. The van der Waals surface area contributed by atoms with Crippen LogP contribution < -0.4 is 5.32 Å². The predicted molar refractivity (Wildman–Crippen MR) is 78.7 cm³/mol. The van der Waals surface area contributed by atoms with E-state index in [2.05, 4.69) is 38.1 Å². The molecular weight excluding hydrogens is 309 g/mol. The van der Waals surface area contributed by atoms with Crippen LogP contribution in [0, 0.1) is 5.82 Å². The van der Waals surface area contributed by atoms with Crippen molar-refractivity contribution in [3.63, 3.8) is 0 Å². The number of anilines is 1. The fourth-order valence-electron chi connectivity index (χ4n) is 1.79. The van der Waals surface area contributed by atoms with Crippen LogP contribution in [0.5, 0.6) is 0 Å². The van der Waals surface area contributed by atoms with E-state index in [-0.39, 0.29) is 5.82 Å². The molecule has 0 bridgehead atoms. The highest BCUT2D eigenvalue weighted by Gasteiger charge is 2.12. The van der Waals surface area contributed by atoms with Gasteiger partial charge in [-0.2, -0.15) is 0 Å². The van der Waals surface area contributed by atoms with Gasteiger partial charge in [0.1, 0.15) is 11.6 Å². The van der Waals surface area contributed by atoms with E-state index in [4.69, 9.17) is 0 Å². The van der Waals surface area contributed by atoms with Crippen LogP contribution >= 0.6 is 15.9 Å². The summed E-state index contributed by atoms with van der Waals surface area (Å²) in [6.07, 6.45) is 1.87. The Balaban J connectivity index is 2.51. The molecule has 5 heteroatoms. The second-order valence-corrected chi connectivity index (χ2v) is 4.96. The van der Waals surface area contributed by atoms with Crippen molar-refractivity contribution in [2.75, 3.05) is 12.4 Å². The first-order valence-corrected chi connectivity index (χ1v) is 6.95. The average Bonchev–Trinajstić information content (AvgIpc) is 2.42. The molecule has 0 aliphatic heterocycles. The van der Waals surface area contributed by atoms with Gasteiger partial charge < -0.3 is 5.32 Å². The summed E-state index contributed by atoms with van der Waals surface area (Å²) < 4.78 is 13.8. The molecule has 1 N–H and O–H groups in total. The first-order valence-electron chi connectivity index (χ1n) is 6.15. The molecule has 0 radical (unpaired) electrons. The third-order valence-electron chi connectivity index (χ3n) is 2.75. The summed E-state index contributed by atoms with van der Waals surface area (Å²) >= 11 is 3.51. The molecule has 1 heterocycles. The quantitative estimate of drug-likeness (QED) is 0.922. The van der Waals surface area contributed by atoms with Gasteiger partial charge in [-0.15, -0.1) is 0 Å². The molecule has 0 saturated carbocycles. The molecule has 3 nitrogen and oxygen atoms in total. The average molecular weight is 324 g/mol. The summed E-state index contributed by atoms with van der Waals surface area (Å²) in [5.41, 5.74) is 1.77. The molecule has 0 spiro atoms. The van der Waals surface area contributed by atoms with E-state index in [1.165, 1.54) is 12.1 Å². The van der Waals surface area contributed by atoms with Crippen LogP contribution in [0.2, 0.25) is 0 Å². The first kappa shape index (κ1) is 13.9. The topological polar surface area (TPSA) is 37.8 Å². The van der Waals surface area contributed by atoms with E-state index in [0.29, 0.717) is 5.82 Å². The van der Waals surface area contributed by atoms with Gasteiger partial charge in [0.2, 0.25) is 0 Å². The van der Waals surface area contributed by atoms with Gasteiger partial charge in [-0.25, -0.2) is 14.4 Å². The van der Waals surface area contributed by atoms with Gasteiger partial charge in [-0.3, -0.25) is 0 Å². The number of hydrogen-bond donors (Lipinski definition) is 1. The molecule has 0 fully saturated rings. The van der Waals surface area contributed by atoms with Crippen molar-refractivity contribution < 1.29 is 4.39 Å². The molecule has 0 atom stereocenters. The highest BCUT2D eigenvalue weighted by molar-refractivity contribution is 9.10. The van der Waals surface area contributed by atoms with Gasteiger partial charge in [-0.05, 0) is 46.6 Å². The van der Waals surface area contributed by atoms with E-state index >= 15 is 0 Å². The van der Waals surface area contributed by atoms with Crippen LogP contribution in [0.25, 0.3) is 11.4 Å². The Morgan fingerprint density at radius 1 is 1.21 bits per heavy atom. The Kier molecular flexibility index (Phi) is 4.47. The van der Waals surface area contributed by atoms with Gasteiger partial charge in [0.05, 0.1) is 10.2 Å². The highest BCUT2D eigenvalue weighted by atomic mass is 79.9. The Labute approximate surface area is 120 Å². The smallest absolute Gasteiger partial charge is 0.161 e. The molecular formula is C14H15BrFN3. The second kappa shape index (κ2) is 6.10. The molecule has 100 valence electrons. The van der Waals surface area contributed by atoms with E-state index < -0.39 is 0 Å². The minimum atomic E-state index is -0.261. The zero-order valence-electron chi connectivity index (χ0n) is 10.9. The Morgan fingerprint density at radius 3 is 2.47 bits per heavy atom. The lowest BCUT2D eigenvalue weighted by atomic mass is 10.2. The van der Waals surface area contributed by atoms with Crippen LogP contribution in [-0.4, -0.2) is 17.0 Å². The minimum absolute atomic E-state index is 0.261. The minimum Gasteiger partial charge on any atom is -0.372 e. The molecule has 0 saturated heterocycles. The van der Waals surface area contributed by atoms with Crippen LogP contribution in [0.4, 0.5) is 10.2 Å². The van der Waals surface area contributed by atoms with Crippen molar-refractivity contribution in [2.45, 2.75) is 19.8 Å². The molecule has 1 aromatic carbocycles. The Bertz CT molecular complexity index is 570. The summed E-state index contributed by atoms with van der Waals surface area (Å²) in [4.78, 5) is 8.99.